The highest BCUT2D eigenvalue weighted by molar-refractivity contribution is 7.91. The van der Waals surface area contributed by atoms with Crippen LogP contribution in [0.4, 0.5) is 10.7 Å². The lowest BCUT2D eigenvalue weighted by molar-refractivity contribution is -0.383. The Morgan fingerprint density at radius 2 is 2.30 bits per heavy atom. The third kappa shape index (κ3) is 2.92. The first-order valence-corrected chi connectivity index (χ1v) is 7.42. The molecule has 20 heavy (non-hydrogen) atoms. The van der Waals surface area contributed by atoms with E-state index >= 15 is 0 Å². The van der Waals surface area contributed by atoms with Gasteiger partial charge in [0.15, 0.2) is 10.8 Å². The van der Waals surface area contributed by atoms with Crippen LogP contribution in [0, 0.1) is 17.0 Å². The SMILES string of the molecule is Cc1nc(CNS(=O)(=O)c2cc([N+](=O)[O-])c(N)s2)no1. The molecule has 3 N–H and O–H groups in total. The molecule has 2 rings (SSSR count). The number of nitrogens with two attached hydrogens (primary N) is 1. The van der Waals surface area contributed by atoms with Gasteiger partial charge < -0.3 is 10.3 Å². The lowest BCUT2D eigenvalue weighted by atomic mass is 10.5. The minimum absolute atomic E-state index is 0.158. The van der Waals surface area contributed by atoms with Crippen LogP contribution in [0.2, 0.25) is 0 Å². The topological polar surface area (TPSA) is 154 Å². The van der Waals surface area contributed by atoms with Gasteiger partial charge in [-0.15, -0.1) is 0 Å². The summed E-state index contributed by atoms with van der Waals surface area (Å²) in [5.74, 6) is 0.459. The summed E-state index contributed by atoms with van der Waals surface area (Å²) >= 11 is 0.611. The maximum Gasteiger partial charge on any atom is 0.304 e. The first-order valence-electron chi connectivity index (χ1n) is 5.12. The maximum absolute atomic E-state index is 11.9. The van der Waals surface area contributed by atoms with Crippen molar-refractivity contribution in [3.63, 3.8) is 0 Å². The third-order valence-electron chi connectivity index (χ3n) is 2.17. The van der Waals surface area contributed by atoms with Gasteiger partial charge in [-0.25, -0.2) is 13.1 Å². The van der Waals surface area contributed by atoms with E-state index < -0.39 is 20.6 Å². The fourth-order valence-corrected chi connectivity index (χ4v) is 3.53. The lowest BCUT2D eigenvalue weighted by Crippen LogP contribution is -2.23. The second kappa shape index (κ2) is 5.15. The zero-order valence-electron chi connectivity index (χ0n) is 10.1. The van der Waals surface area contributed by atoms with Crippen molar-refractivity contribution in [1.29, 1.82) is 0 Å². The summed E-state index contributed by atoms with van der Waals surface area (Å²) in [7, 11) is -3.92. The van der Waals surface area contributed by atoms with Crippen LogP contribution in [-0.4, -0.2) is 23.5 Å². The molecule has 10 nitrogen and oxygen atoms in total. The second-order valence-electron chi connectivity index (χ2n) is 3.63. The molecular formula is C8H9N5O5S2. The zero-order chi connectivity index (χ0) is 14.9. The van der Waals surface area contributed by atoms with E-state index in [4.69, 9.17) is 5.73 Å². The Morgan fingerprint density at radius 1 is 1.60 bits per heavy atom. The Labute approximate surface area is 116 Å². The summed E-state index contributed by atoms with van der Waals surface area (Å²) in [6.07, 6.45) is 0. The van der Waals surface area contributed by atoms with Crippen LogP contribution in [0.3, 0.4) is 0 Å². The first kappa shape index (κ1) is 14.4. The van der Waals surface area contributed by atoms with Crippen LogP contribution < -0.4 is 10.5 Å². The monoisotopic (exact) mass is 319 g/mol. The molecule has 0 aliphatic carbocycles. The molecule has 2 aromatic heterocycles. The normalized spacial score (nSPS) is 11.7. The minimum atomic E-state index is -3.92. The highest BCUT2D eigenvalue weighted by Gasteiger charge is 2.24. The number of sulfonamides is 1. The number of anilines is 1. The van der Waals surface area contributed by atoms with E-state index in [1.807, 2.05) is 0 Å². The standard InChI is InChI=1S/C8H9N5O5S2/c1-4-11-6(12-18-4)3-10-20(16,17)7-2-5(13(14)15)8(9)19-7/h2,10H,3,9H2,1H3. The first-order chi connectivity index (χ1) is 9.29. The van der Waals surface area contributed by atoms with Crippen molar-refractivity contribution in [1.82, 2.24) is 14.9 Å². The summed E-state index contributed by atoms with van der Waals surface area (Å²) in [6.45, 7) is 1.37. The molecule has 0 fully saturated rings. The predicted molar refractivity (Wildman–Crippen MR) is 68.4 cm³/mol. The van der Waals surface area contributed by atoms with Gasteiger partial charge in [0.25, 0.3) is 10.0 Å². The zero-order valence-corrected chi connectivity index (χ0v) is 11.7. The van der Waals surface area contributed by atoms with Crippen molar-refractivity contribution in [3.05, 3.63) is 27.9 Å². The molecule has 0 aliphatic rings. The number of hydrogen-bond donors (Lipinski definition) is 2. The number of nitrogen functional groups attached to an aromatic ring is 1. The number of nitrogens with zero attached hydrogens (tertiary/aromatic N) is 3. The maximum atomic E-state index is 11.9. The van der Waals surface area contributed by atoms with Crippen molar-refractivity contribution in [2.45, 2.75) is 17.7 Å². The fourth-order valence-electron chi connectivity index (χ4n) is 1.29. The Morgan fingerprint density at radius 3 is 2.80 bits per heavy atom. The van der Waals surface area contributed by atoms with Crippen LogP contribution >= 0.6 is 11.3 Å². The molecule has 0 atom stereocenters. The summed E-state index contributed by atoms with van der Waals surface area (Å²) in [6, 6.07) is 0.907. The van der Waals surface area contributed by atoms with Crippen LogP contribution in [0.15, 0.2) is 14.8 Å². The van der Waals surface area contributed by atoms with Gasteiger partial charge in [0.2, 0.25) is 5.89 Å². The molecule has 0 aliphatic heterocycles. The molecule has 0 unspecified atom stereocenters. The van der Waals surface area contributed by atoms with Gasteiger partial charge in [0, 0.05) is 13.0 Å². The van der Waals surface area contributed by atoms with E-state index in [1.165, 1.54) is 0 Å². The largest absolute Gasteiger partial charge is 0.385 e. The fraction of sp³-hybridized carbons (Fsp3) is 0.250. The van der Waals surface area contributed by atoms with Crippen LogP contribution in [0.5, 0.6) is 0 Å². The van der Waals surface area contributed by atoms with E-state index in [0.29, 0.717) is 17.2 Å². The van der Waals surface area contributed by atoms with E-state index in [0.717, 1.165) is 6.07 Å². The van der Waals surface area contributed by atoms with Crippen molar-refractivity contribution in [3.8, 4) is 0 Å². The van der Waals surface area contributed by atoms with Crippen molar-refractivity contribution >= 4 is 32.0 Å². The van der Waals surface area contributed by atoms with Crippen molar-refractivity contribution < 1.29 is 17.9 Å². The number of nitrogens with one attached hydrogen (secondary N) is 1. The molecule has 0 bridgehead atoms. The van der Waals surface area contributed by atoms with Gasteiger partial charge >= 0.3 is 5.69 Å². The molecule has 12 heteroatoms. The summed E-state index contributed by atoms with van der Waals surface area (Å²) in [5, 5.41) is 14.0. The average molecular weight is 319 g/mol. The van der Waals surface area contributed by atoms with Crippen molar-refractivity contribution in [2.24, 2.45) is 0 Å². The highest BCUT2D eigenvalue weighted by atomic mass is 32.2. The van der Waals surface area contributed by atoms with Crippen molar-refractivity contribution in [2.75, 3.05) is 5.73 Å². The predicted octanol–water partition coefficient (Wildman–Crippen LogP) is 0.408. The molecule has 0 aromatic carbocycles. The van der Waals surface area contributed by atoms with Gasteiger partial charge in [0.1, 0.15) is 4.21 Å². The summed E-state index contributed by atoms with van der Waals surface area (Å²) < 4.78 is 30.5. The summed E-state index contributed by atoms with van der Waals surface area (Å²) in [5.41, 5.74) is 4.96. The van der Waals surface area contributed by atoms with Gasteiger partial charge in [-0.3, -0.25) is 10.1 Å². The van der Waals surface area contributed by atoms with E-state index in [1.54, 1.807) is 6.92 Å². The van der Waals surface area contributed by atoms with E-state index in [-0.39, 0.29) is 21.6 Å². The molecule has 0 saturated heterocycles. The van der Waals surface area contributed by atoms with E-state index in [2.05, 4.69) is 19.4 Å². The highest BCUT2D eigenvalue weighted by Crippen LogP contribution is 2.34. The molecule has 0 amide bonds. The smallest absolute Gasteiger partial charge is 0.304 e. The Kier molecular flexibility index (Phi) is 3.69. The number of nitro groups is 1. The van der Waals surface area contributed by atoms with Crippen LogP contribution in [0.1, 0.15) is 11.7 Å². The number of thiophene rings is 1. The van der Waals surface area contributed by atoms with Crippen LogP contribution in [-0.2, 0) is 16.6 Å². The Balaban J connectivity index is 2.18. The Hall–Kier alpha value is -2.05. The molecule has 2 aromatic rings. The lowest BCUT2D eigenvalue weighted by Gasteiger charge is -2.00. The average Bonchev–Trinajstić information content (AvgIpc) is 2.93. The van der Waals surface area contributed by atoms with E-state index in [9.17, 15) is 18.5 Å². The summed E-state index contributed by atoms with van der Waals surface area (Å²) in [4.78, 5) is 13.7. The number of aryl methyl sites for hydroxylation is 1. The molecular weight excluding hydrogens is 310 g/mol. The van der Waals surface area contributed by atoms with Gasteiger partial charge in [-0.1, -0.05) is 16.5 Å². The van der Waals surface area contributed by atoms with Gasteiger partial charge in [-0.05, 0) is 0 Å². The third-order valence-corrected chi connectivity index (χ3v) is 5.00. The second-order valence-corrected chi connectivity index (χ2v) is 6.70. The van der Waals surface area contributed by atoms with Crippen LogP contribution in [0.25, 0.3) is 0 Å². The molecule has 0 saturated carbocycles. The molecule has 0 radical (unpaired) electrons. The number of hydrogen-bond acceptors (Lipinski definition) is 9. The van der Waals surface area contributed by atoms with Gasteiger partial charge in [0.05, 0.1) is 11.5 Å². The molecule has 0 spiro atoms. The minimum Gasteiger partial charge on any atom is -0.385 e. The quantitative estimate of drug-likeness (QED) is 0.593. The molecule has 2 heterocycles. The van der Waals surface area contributed by atoms with Gasteiger partial charge in [-0.2, -0.15) is 4.98 Å². The molecule has 108 valence electrons. The number of rotatable bonds is 5. The number of aromatic nitrogens is 2. The Bertz CT molecular complexity index is 749.